The molecule has 0 aliphatic carbocycles. The number of carbonyl (C=O) groups is 4. The molecule has 2 aromatic carbocycles. The van der Waals surface area contributed by atoms with Gasteiger partial charge in [0.1, 0.15) is 23.9 Å². The number of nitrogens with zero attached hydrogens (tertiary/aromatic N) is 1. The Hall–Kier alpha value is -3.57. The van der Waals surface area contributed by atoms with Crippen LogP contribution in [-0.4, -0.2) is 81.5 Å². The van der Waals surface area contributed by atoms with Gasteiger partial charge in [0.2, 0.25) is 17.7 Å². The van der Waals surface area contributed by atoms with Crippen LogP contribution in [0.4, 0.5) is 0 Å². The smallest absolute Gasteiger partial charge is 0.326 e. The molecule has 11 heteroatoms. The summed E-state index contributed by atoms with van der Waals surface area (Å²) in [5.74, 6) is -1.96. The van der Waals surface area contributed by atoms with Gasteiger partial charge in [0.25, 0.3) is 0 Å². The van der Waals surface area contributed by atoms with Crippen molar-refractivity contribution in [3.05, 3.63) is 65.7 Å². The fraction of sp³-hybridized carbons (Fsp3) is 0.429. The summed E-state index contributed by atoms with van der Waals surface area (Å²) in [4.78, 5) is 53.0. The highest BCUT2D eigenvalue weighted by Gasteiger charge is 2.39. The molecule has 4 unspecified atom stereocenters. The van der Waals surface area contributed by atoms with Gasteiger partial charge in [-0.05, 0) is 61.0 Å². The maximum atomic E-state index is 13.8. The van der Waals surface area contributed by atoms with Gasteiger partial charge in [-0.2, -0.15) is 11.8 Å². The Morgan fingerprint density at radius 3 is 2.31 bits per heavy atom. The number of carboxylic acids is 1. The van der Waals surface area contributed by atoms with E-state index in [2.05, 4.69) is 10.6 Å². The number of hydrogen-bond acceptors (Lipinski definition) is 7. The number of nitrogens with one attached hydrogen (secondary N) is 2. The van der Waals surface area contributed by atoms with Gasteiger partial charge in [-0.25, -0.2) is 4.79 Å². The van der Waals surface area contributed by atoms with Gasteiger partial charge < -0.3 is 31.5 Å². The third kappa shape index (κ3) is 8.72. The van der Waals surface area contributed by atoms with Crippen LogP contribution < -0.4 is 16.4 Å². The van der Waals surface area contributed by atoms with Gasteiger partial charge in [-0.15, -0.1) is 0 Å². The first-order chi connectivity index (χ1) is 18.7. The molecule has 0 aromatic heterocycles. The molecule has 1 fully saturated rings. The Kier molecular flexibility index (Phi) is 11.2. The Morgan fingerprint density at radius 2 is 1.67 bits per heavy atom. The van der Waals surface area contributed by atoms with E-state index in [1.165, 1.54) is 28.8 Å². The molecule has 0 radical (unpaired) electrons. The van der Waals surface area contributed by atoms with Crippen molar-refractivity contribution in [2.24, 2.45) is 5.73 Å². The van der Waals surface area contributed by atoms with Crippen LogP contribution in [0.15, 0.2) is 54.6 Å². The second-order valence-electron chi connectivity index (χ2n) is 9.60. The molecule has 39 heavy (non-hydrogen) atoms. The fourth-order valence-corrected chi connectivity index (χ4v) is 5.04. The van der Waals surface area contributed by atoms with Gasteiger partial charge in [0, 0.05) is 13.0 Å². The van der Waals surface area contributed by atoms with Crippen molar-refractivity contribution in [3.63, 3.8) is 0 Å². The molecule has 1 aliphatic rings. The highest BCUT2D eigenvalue weighted by Crippen LogP contribution is 2.21. The number of likely N-dealkylation sites (tertiary alicyclic amines) is 1. The van der Waals surface area contributed by atoms with Crippen molar-refractivity contribution in [1.82, 2.24) is 15.5 Å². The zero-order chi connectivity index (χ0) is 28.4. The van der Waals surface area contributed by atoms with Crippen molar-refractivity contribution in [1.29, 1.82) is 0 Å². The molecule has 4 atom stereocenters. The minimum Gasteiger partial charge on any atom is -0.508 e. The quantitative estimate of drug-likeness (QED) is 0.247. The summed E-state index contributed by atoms with van der Waals surface area (Å²) in [7, 11) is 0. The second kappa shape index (κ2) is 14.5. The van der Waals surface area contributed by atoms with E-state index in [0.29, 0.717) is 30.7 Å². The lowest BCUT2D eigenvalue weighted by atomic mass is 10.0. The van der Waals surface area contributed by atoms with E-state index in [-0.39, 0.29) is 25.0 Å². The molecule has 1 aliphatic heterocycles. The van der Waals surface area contributed by atoms with Crippen LogP contribution in [0.1, 0.15) is 30.4 Å². The largest absolute Gasteiger partial charge is 0.508 e. The molecular weight excluding hydrogens is 520 g/mol. The van der Waals surface area contributed by atoms with Crippen LogP contribution in [-0.2, 0) is 32.0 Å². The molecule has 2 aromatic rings. The number of carbonyl (C=O) groups excluding carboxylic acids is 3. The van der Waals surface area contributed by atoms with E-state index in [9.17, 15) is 29.4 Å². The lowest BCUT2D eigenvalue weighted by molar-refractivity contribution is -0.145. The zero-order valence-electron chi connectivity index (χ0n) is 21.9. The molecular formula is C28H36N4O6S. The van der Waals surface area contributed by atoms with E-state index in [4.69, 9.17) is 5.73 Å². The summed E-state index contributed by atoms with van der Waals surface area (Å²) in [6.45, 7) is 0.303. The molecule has 6 N–H and O–H groups in total. The normalized spacial score (nSPS) is 17.2. The first-order valence-corrected chi connectivity index (χ1v) is 14.3. The number of amides is 3. The Bertz CT molecular complexity index is 1130. The molecule has 1 heterocycles. The molecule has 10 nitrogen and oxygen atoms in total. The molecule has 0 saturated carbocycles. The topological polar surface area (TPSA) is 162 Å². The minimum absolute atomic E-state index is 0.0706. The first kappa shape index (κ1) is 30.0. The maximum absolute atomic E-state index is 13.8. The van der Waals surface area contributed by atoms with Crippen LogP contribution in [0, 0.1) is 0 Å². The van der Waals surface area contributed by atoms with Gasteiger partial charge in [0.15, 0.2) is 0 Å². The fourth-order valence-electron chi connectivity index (χ4n) is 4.57. The van der Waals surface area contributed by atoms with E-state index < -0.39 is 47.9 Å². The second-order valence-corrected chi connectivity index (χ2v) is 10.6. The number of hydrogen-bond donors (Lipinski definition) is 5. The number of aliphatic carboxylic acids is 1. The van der Waals surface area contributed by atoms with Gasteiger partial charge >= 0.3 is 5.97 Å². The van der Waals surface area contributed by atoms with Crippen molar-refractivity contribution < 1.29 is 29.4 Å². The number of phenolic OH excluding ortho intramolecular Hbond substituents is 1. The average molecular weight is 557 g/mol. The van der Waals surface area contributed by atoms with Crippen LogP contribution in [0.2, 0.25) is 0 Å². The van der Waals surface area contributed by atoms with Gasteiger partial charge in [-0.1, -0.05) is 42.5 Å². The van der Waals surface area contributed by atoms with Crippen LogP contribution in [0.3, 0.4) is 0 Å². The highest BCUT2D eigenvalue weighted by atomic mass is 32.2. The van der Waals surface area contributed by atoms with E-state index in [0.717, 1.165) is 5.56 Å². The lowest BCUT2D eigenvalue weighted by Crippen LogP contribution is -2.57. The van der Waals surface area contributed by atoms with E-state index in [1.54, 1.807) is 12.1 Å². The molecule has 3 amide bonds. The SMILES string of the molecule is CSCCC(NC(=O)C1CCCN1C(=O)C(Cc1ccc(O)cc1)NC(=O)C(N)Cc1ccccc1)C(=O)O. The van der Waals surface area contributed by atoms with Crippen LogP contribution in [0.25, 0.3) is 0 Å². The summed E-state index contributed by atoms with van der Waals surface area (Å²) in [5, 5.41) is 24.5. The number of aromatic hydroxyl groups is 1. The predicted molar refractivity (Wildman–Crippen MR) is 149 cm³/mol. The maximum Gasteiger partial charge on any atom is 0.326 e. The number of nitrogens with two attached hydrogens (primary N) is 1. The Morgan fingerprint density at radius 1 is 1.00 bits per heavy atom. The van der Waals surface area contributed by atoms with E-state index >= 15 is 0 Å². The van der Waals surface area contributed by atoms with Crippen molar-refractivity contribution in [2.75, 3.05) is 18.6 Å². The zero-order valence-corrected chi connectivity index (χ0v) is 22.7. The molecule has 0 bridgehead atoms. The van der Waals surface area contributed by atoms with Crippen LogP contribution in [0.5, 0.6) is 5.75 Å². The summed E-state index contributed by atoms with van der Waals surface area (Å²) in [6.07, 6.45) is 3.49. The van der Waals surface area contributed by atoms with Crippen molar-refractivity contribution >= 4 is 35.5 Å². The number of phenols is 1. The lowest BCUT2D eigenvalue weighted by Gasteiger charge is -2.30. The summed E-state index contributed by atoms with van der Waals surface area (Å²) in [5.41, 5.74) is 7.75. The highest BCUT2D eigenvalue weighted by molar-refractivity contribution is 7.98. The van der Waals surface area contributed by atoms with E-state index in [1.807, 2.05) is 36.6 Å². The first-order valence-electron chi connectivity index (χ1n) is 12.9. The third-order valence-corrected chi connectivity index (χ3v) is 7.33. The average Bonchev–Trinajstić information content (AvgIpc) is 3.42. The molecule has 3 rings (SSSR count). The van der Waals surface area contributed by atoms with Crippen molar-refractivity contribution in [3.8, 4) is 5.75 Å². The Balaban J connectivity index is 1.76. The monoisotopic (exact) mass is 556 g/mol. The summed E-state index contributed by atoms with van der Waals surface area (Å²) in [6, 6.07) is 11.8. The predicted octanol–water partition coefficient (Wildman–Crippen LogP) is 1.30. The summed E-state index contributed by atoms with van der Waals surface area (Å²) >= 11 is 1.48. The number of thioether (sulfide) groups is 1. The standard InChI is InChI=1S/C28H36N4O6S/c1-39-15-13-22(28(37)38)30-26(35)24-8-5-14-32(24)27(36)23(17-19-9-11-20(33)12-10-19)31-25(34)21(29)16-18-6-3-2-4-7-18/h2-4,6-7,9-12,21-24,33H,5,8,13-17,29H2,1H3,(H,30,35)(H,31,34)(H,37,38). The van der Waals surface area contributed by atoms with Gasteiger partial charge in [0.05, 0.1) is 6.04 Å². The number of carboxylic acid groups (broad SMARTS) is 1. The van der Waals surface area contributed by atoms with Crippen molar-refractivity contribution in [2.45, 2.75) is 56.3 Å². The van der Waals surface area contributed by atoms with Gasteiger partial charge in [-0.3, -0.25) is 14.4 Å². The molecule has 0 spiro atoms. The molecule has 1 saturated heterocycles. The summed E-state index contributed by atoms with van der Waals surface area (Å²) < 4.78 is 0. The minimum atomic E-state index is -1.13. The molecule has 210 valence electrons. The number of benzene rings is 2. The third-order valence-electron chi connectivity index (χ3n) is 6.69. The number of rotatable bonds is 13. The Labute approximate surface area is 232 Å². The van der Waals surface area contributed by atoms with Crippen LogP contribution >= 0.6 is 11.8 Å².